The lowest BCUT2D eigenvalue weighted by atomic mass is 10.1. The predicted molar refractivity (Wildman–Crippen MR) is 90.6 cm³/mol. The topological polar surface area (TPSA) is 102 Å². The lowest BCUT2D eigenvalue weighted by Crippen LogP contribution is -2.17. The summed E-state index contributed by atoms with van der Waals surface area (Å²) in [5.41, 5.74) is 2.09. The van der Waals surface area contributed by atoms with Gasteiger partial charge in [0.05, 0.1) is 18.3 Å². The van der Waals surface area contributed by atoms with Gasteiger partial charge in [-0.05, 0) is 12.5 Å². The third kappa shape index (κ3) is 3.57. The normalized spacial score (nSPS) is 10.6. The van der Waals surface area contributed by atoms with E-state index < -0.39 is 11.9 Å². The van der Waals surface area contributed by atoms with Crippen LogP contribution in [0.25, 0.3) is 0 Å². The second-order valence-corrected chi connectivity index (χ2v) is 5.67. The van der Waals surface area contributed by atoms with Crippen LogP contribution in [0.4, 0.5) is 5.82 Å². The maximum absolute atomic E-state index is 12.3. The second kappa shape index (κ2) is 6.60. The van der Waals surface area contributed by atoms with Crippen LogP contribution in [0.5, 0.6) is 0 Å². The molecule has 128 valence electrons. The van der Waals surface area contributed by atoms with E-state index >= 15 is 0 Å². The Balaban J connectivity index is 1.72. The molecule has 0 radical (unpaired) electrons. The smallest absolute Gasteiger partial charge is 0.354 e. The molecule has 0 atom stereocenters. The molecule has 25 heavy (non-hydrogen) atoms. The molecule has 0 saturated heterocycles. The molecule has 0 saturated carbocycles. The Morgan fingerprint density at radius 3 is 2.60 bits per heavy atom. The molecule has 8 heteroatoms. The van der Waals surface area contributed by atoms with Gasteiger partial charge in [0.25, 0.3) is 5.91 Å². The lowest BCUT2D eigenvalue weighted by Gasteiger charge is -2.04. The average Bonchev–Trinajstić information content (AvgIpc) is 3.16. The molecule has 2 N–H and O–H groups in total. The maximum Gasteiger partial charge on any atom is 0.354 e. The third-order valence-electron chi connectivity index (χ3n) is 3.73. The van der Waals surface area contributed by atoms with E-state index in [0.717, 1.165) is 10.2 Å². The van der Waals surface area contributed by atoms with Gasteiger partial charge in [0.2, 0.25) is 0 Å². The molecule has 3 aromatic rings. The van der Waals surface area contributed by atoms with E-state index in [1.807, 2.05) is 31.2 Å². The van der Waals surface area contributed by atoms with E-state index in [2.05, 4.69) is 15.5 Å². The fourth-order valence-corrected chi connectivity index (χ4v) is 2.44. The Labute approximate surface area is 143 Å². The molecule has 0 aliphatic rings. The minimum atomic E-state index is -1.21. The summed E-state index contributed by atoms with van der Waals surface area (Å²) in [6, 6.07) is 9.74. The van der Waals surface area contributed by atoms with Crippen LogP contribution in [0, 0.1) is 6.92 Å². The number of amides is 1. The Kier molecular flexibility index (Phi) is 4.34. The Bertz CT molecular complexity index is 924. The standard InChI is InChI=1S/C17H17N5O3/c1-11-3-5-12(6-4-11)10-22-8-7-14(20-22)19-16(23)13-9-18-21(2)15(13)17(24)25/h3-9H,10H2,1-2H3,(H,24,25)(H,19,20,23). The number of nitrogens with one attached hydrogen (secondary N) is 1. The molecule has 1 aromatic carbocycles. The monoisotopic (exact) mass is 339 g/mol. The van der Waals surface area contributed by atoms with Gasteiger partial charge in [0.1, 0.15) is 0 Å². The Morgan fingerprint density at radius 2 is 1.92 bits per heavy atom. The van der Waals surface area contributed by atoms with Gasteiger partial charge in [0.15, 0.2) is 11.5 Å². The van der Waals surface area contributed by atoms with Gasteiger partial charge in [-0.15, -0.1) is 0 Å². The van der Waals surface area contributed by atoms with E-state index in [4.69, 9.17) is 0 Å². The zero-order chi connectivity index (χ0) is 18.0. The summed E-state index contributed by atoms with van der Waals surface area (Å²) in [7, 11) is 1.47. The molecule has 0 aliphatic heterocycles. The SMILES string of the molecule is Cc1ccc(Cn2ccc(NC(=O)c3cnn(C)c3C(=O)O)n2)cc1. The summed E-state index contributed by atoms with van der Waals surface area (Å²) in [4.78, 5) is 23.5. The third-order valence-corrected chi connectivity index (χ3v) is 3.73. The highest BCUT2D eigenvalue weighted by Gasteiger charge is 2.22. The van der Waals surface area contributed by atoms with Crippen molar-refractivity contribution in [1.82, 2.24) is 19.6 Å². The number of carboxylic acid groups (broad SMARTS) is 1. The van der Waals surface area contributed by atoms with Crippen molar-refractivity contribution >= 4 is 17.7 Å². The minimum Gasteiger partial charge on any atom is -0.477 e. The van der Waals surface area contributed by atoms with Crippen molar-refractivity contribution in [2.45, 2.75) is 13.5 Å². The number of aromatic carboxylic acids is 1. The van der Waals surface area contributed by atoms with Gasteiger partial charge in [-0.2, -0.15) is 10.2 Å². The van der Waals surface area contributed by atoms with Crippen molar-refractivity contribution in [1.29, 1.82) is 0 Å². The minimum absolute atomic E-state index is 0.0110. The number of hydrogen-bond donors (Lipinski definition) is 2. The van der Waals surface area contributed by atoms with Crippen molar-refractivity contribution in [3.8, 4) is 0 Å². The van der Waals surface area contributed by atoms with E-state index in [0.29, 0.717) is 12.4 Å². The number of carbonyl (C=O) groups excluding carboxylic acids is 1. The summed E-state index contributed by atoms with van der Waals surface area (Å²) in [5, 5.41) is 19.9. The molecule has 0 aliphatic carbocycles. The zero-order valence-electron chi connectivity index (χ0n) is 13.8. The average molecular weight is 339 g/mol. The van der Waals surface area contributed by atoms with Crippen LogP contribution in [0.3, 0.4) is 0 Å². The van der Waals surface area contributed by atoms with Crippen molar-refractivity contribution in [2.24, 2.45) is 7.05 Å². The van der Waals surface area contributed by atoms with E-state index in [1.165, 1.54) is 18.8 Å². The maximum atomic E-state index is 12.3. The second-order valence-electron chi connectivity index (χ2n) is 5.67. The highest BCUT2D eigenvalue weighted by molar-refractivity contribution is 6.09. The summed E-state index contributed by atoms with van der Waals surface area (Å²) < 4.78 is 2.84. The van der Waals surface area contributed by atoms with Gasteiger partial charge in [-0.1, -0.05) is 29.8 Å². The molecule has 0 fully saturated rings. The fourth-order valence-electron chi connectivity index (χ4n) is 2.44. The summed E-state index contributed by atoms with van der Waals surface area (Å²) >= 11 is 0. The summed E-state index contributed by atoms with van der Waals surface area (Å²) in [6.07, 6.45) is 2.97. The number of nitrogens with zero attached hydrogens (tertiary/aromatic N) is 4. The number of benzene rings is 1. The largest absolute Gasteiger partial charge is 0.477 e. The van der Waals surface area contributed by atoms with E-state index in [-0.39, 0.29) is 11.3 Å². The van der Waals surface area contributed by atoms with E-state index in [1.54, 1.807) is 16.9 Å². The molecule has 1 amide bonds. The first kappa shape index (κ1) is 16.4. The van der Waals surface area contributed by atoms with Crippen LogP contribution in [-0.4, -0.2) is 36.5 Å². The Hall–Kier alpha value is -3.42. The van der Waals surface area contributed by atoms with Crippen LogP contribution in [0.1, 0.15) is 32.0 Å². The van der Waals surface area contributed by atoms with Gasteiger partial charge < -0.3 is 10.4 Å². The van der Waals surface area contributed by atoms with Crippen LogP contribution < -0.4 is 5.32 Å². The predicted octanol–water partition coefficient (Wildman–Crippen LogP) is 1.92. The number of carbonyl (C=O) groups is 2. The van der Waals surface area contributed by atoms with Crippen LogP contribution in [0.2, 0.25) is 0 Å². The number of rotatable bonds is 5. The number of aromatic nitrogens is 4. The summed E-state index contributed by atoms with van der Waals surface area (Å²) in [5.74, 6) is -1.43. The first-order valence-corrected chi connectivity index (χ1v) is 7.59. The molecule has 0 bridgehead atoms. The quantitative estimate of drug-likeness (QED) is 0.739. The number of anilines is 1. The highest BCUT2D eigenvalue weighted by Crippen LogP contribution is 2.12. The molecular formula is C17H17N5O3. The number of carboxylic acids is 1. The fraction of sp³-hybridized carbons (Fsp3) is 0.176. The molecule has 0 unspecified atom stereocenters. The van der Waals surface area contributed by atoms with Gasteiger partial charge >= 0.3 is 5.97 Å². The van der Waals surface area contributed by atoms with Crippen LogP contribution in [-0.2, 0) is 13.6 Å². The van der Waals surface area contributed by atoms with Crippen LogP contribution >= 0.6 is 0 Å². The zero-order valence-corrected chi connectivity index (χ0v) is 13.8. The lowest BCUT2D eigenvalue weighted by molar-refractivity contribution is 0.0680. The summed E-state index contributed by atoms with van der Waals surface area (Å²) in [6.45, 7) is 2.60. The van der Waals surface area contributed by atoms with Gasteiger partial charge in [0, 0.05) is 19.3 Å². The van der Waals surface area contributed by atoms with Gasteiger partial charge in [-0.25, -0.2) is 4.79 Å². The number of hydrogen-bond acceptors (Lipinski definition) is 4. The van der Waals surface area contributed by atoms with Crippen molar-refractivity contribution in [2.75, 3.05) is 5.32 Å². The molecule has 8 nitrogen and oxygen atoms in total. The molecule has 3 rings (SSSR count). The molecule has 2 aromatic heterocycles. The molecule has 0 spiro atoms. The van der Waals surface area contributed by atoms with Crippen molar-refractivity contribution in [3.63, 3.8) is 0 Å². The molecule has 2 heterocycles. The van der Waals surface area contributed by atoms with Crippen molar-refractivity contribution < 1.29 is 14.7 Å². The highest BCUT2D eigenvalue weighted by atomic mass is 16.4. The number of aryl methyl sites for hydroxylation is 2. The molecular weight excluding hydrogens is 322 g/mol. The Morgan fingerprint density at radius 1 is 1.20 bits per heavy atom. The first-order chi connectivity index (χ1) is 11.9. The van der Waals surface area contributed by atoms with Crippen LogP contribution in [0.15, 0.2) is 42.7 Å². The van der Waals surface area contributed by atoms with Gasteiger partial charge in [-0.3, -0.25) is 14.2 Å². The van der Waals surface area contributed by atoms with Crippen molar-refractivity contribution in [3.05, 3.63) is 65.1 Å². The van der Waals surface area contributed by atoms with E-state index in [9.17, 15) is 14.7 Å². The first-order valence-electron chi connectivity index (χ1n) is 7.59.